The van der Waals surface area contributed by atoms with E-state index in [0.29, 0.717) is 5.56 Å². The maximum atomic E-state index is 8.75. The Morgan fingerprint density at radius 3 is 1.83 bits per heavy atom. The van der Waals surface area contributed by atoms with E-state index in [1.165, 1.54) is 0 Å². The Hall–Kier alpha value is -3.62. The van der Waals surface area contributed by atoms with Crippen LogP contribution >= 0.6 is 0 Å². The Morgan fingerprint density at radius 2 is 1.34 bits per heavy atom. The molecule has 0 aliphatic rings. The van der Waals surface area contributed by atoms with Gasteiger partial charge in [-0.05, 0) is 46.6 Å². The van der Waals surface area contributed by atoms with Gasteiger partial charge in [0.1, 0.15) is 11.2 Å². The number of hydrogen-bond acceptors (Lipinski definition) is 6. The van der Waals surface area contributed by atoms with Gasteiger partial charge in [-0.15, -0.1) is 0 Å². The zero-order valence-corrected chi connectivity index (χ0v) is 16.0. The van der Waals surface area contributed by atoms with Crippen LogP contribution in [0.2, 0.25) is 0 Å². The fraction of sp³-hybridized carbons (Fsp3) is 0.600. The molecule has 1 aromatic carbocycles. The molecule has 1 rings (SSSR count). The van der Waals surface area contributed by atoms with Crippen molar-refractivity contribution in [3.8, 4) is 0 Å². The van der Waals surface area contributed by atoms with E-state index in [0.717, 1.165) is 12.0 Å². The van der Waals surface area contributed by atoms with E-state index in [9.17, 15) is 0 Å². The molecule has 0 heterocycles. The second kappa shape index (κ2) is 12.0. The first-order chi connectivity index (χ1) is 14.0. The summed E-state index contributed by atoms with van der Waals surface area (Å²) in [6.07, 6.45) is 0.779. The van der Waals surface area contributed by atoms with Gasteiger partial charge in [0.15, 0.2) is 0 Å². The van der Waals surface area contributed by atoms with Gasteiger partial charge in [-0.2, -0.15) is 0 Å². The Morgan fingerprint density at radius 1 is 0.828 bits per heavy atom. The third-order valence-corrected chi connectivity index (χ3v) is 4.05. The van der Waals surface area contributed by atoms with Gasteiger partial charge >= 0.3 is 0 Å². The van der Waals surface area contributed by atoms with Crippen LogP contribution < -0.4 is 0 Å². The molecule has 0 N–H and O–H groups in total. The molecule has 0 aliphatic heterocycles. The van der Waals surface area contributed by atoms with Crippen LogP contribution in [-0.4, -0.2) is 31.8 Å². The first-order valence-corrected chi connectivity index (χ1v) is 8.49. The van der Waals surface area contributed by atoms with Crippen LogP contribution in [0.3, 0.4) is 0 Å². The van der Waals surface area contributed by atoms with E-state index in [-0.39, 0.29) is 26.2 Å². The number of azide groups is 4. The number of nitrogens with zero attached hydrogens (tertiary/aromatic N) is 12. The molecular formula is C15H20N12O2. The van der Waals surface area contributed by atoms with Crippen LogP contribution in [0.15, 0.2) is 44.7 Å². The van der Waals surface area contributed by atoms with Gasteiger partial charge in [0, 0.05) is 19.6 Å². The van der Waals surface area contributed by atoms with Gasteiger partial charge in [-0.1, -0.05) is 51.6 Å². The fourth-order valence-corrected chi connectivity index (χ4v) is 2.34. The molecule has 0 saturated carbocycles. The smallest absolute Gasteiger partial charge is 0.131 e. The van der Waals surface area contributed by atoms with E-state index in [2.05, 4.69) is 40.1 Å². The van der Waals surface area contributed by atoms with E-state index in [1.54, 1.807) is 13.0 Å². The van der Waals surface area contributed by atoms with Gasteiger partial charge in [0.05, 0.1) is 26.2 Å². The van der Waals surface area contributed by atoms with Crippen LogP contribution in [-0.2, 0) is 21.8 Å². The molecule has 152 valence electrons. The molecular weight excluding hydrogens is 380 g/mol. The summed E-state index contributed by atoms with van der Waals surface area (Å²) in [5.74, 6) is 0. The van der Waals surface area contributed by atoms with Crippen molar-refractivity contribution >= 4 is 0 Å². The minimum atomic E-state index is -1.54. The topological polar surface area (TPSA) is 214 Å². The number of rotatable bonds is 13. The second-order valence-electron chi connectivity index (χ2n) is 6.19. The summed E-state index contributed by atoms with van der Waals surface area (Å²) in [6.45, 7) is 2.55. The first-order valence-electron chi connectivity index (χ1n) is 8.49. The highest BCUT2D eigenvalue weighted by Gasteiger charge is 2.37. The van der Waals surface area contributed by atoms with Crippen LogP contribution in [0.5, 0.6) is 0 Å². The van der Waals surface area contributed by atoms with Crippen LogP contribution in [0.25, 0.3) is 41.8 Å². The molecule has 29 heavy (non-hydrogen) atoms. The van der Waals surface area contributed by atoms with Crippen molar-refractivity contribution in [1.29, 1.82) is 0 Å². The van der Waals surface area contributed by atoms with E-state index < -0.39 is 11.2 Å². The third-order valence-electron chi connectivity index (χ3n) is 4.05. The second-order valence-corrected chi connectivity index (χ2v) is 6.19. The normalized spacial score (nSPS) is 14.0. The van der Waals surface area contributed by atoms with Crippen molar-refractivity contribution in [1.82, 2.24) is 0 Å². The number of aryl methyl sites for hydroxylation is 1. The quantitative estimate of drug-likeness (QED) is 0.140. The van der Waals surface area contributed by atoms with E-state index in [4.69, 9.17) is 31.9 Å². The molecule has 0 spiro atoms. The Balaban J connectivity index is 3.30. The summed E-state index contributed by atoms with van der Waals surface area (Å²) in [7, 11) is 0. The lowest BCUT2D eigenvalue weighted by Crippen LogP contribution is -2.45. The van der Waals surface area contributed by atoms with Gasteiger partial charge in [-0.25, -0.2) is 9.78 Å². The Labute approximate surface area is 165 Å². The highest BCUT2D eigenvalue weighted by atomic mass is 17.2. The maximum Gasteiger partial charge on any atom is 0.131 e. The largest absolute Gasteiger partial charge is 0.229 e. The number of benzene rings is 1. The minimum absolute atomic E-state index is 0.114. The molecule has 0 saturated heterocycles. The van der Waals surface area contributed by atoms with Gasteiger partial charge in [-0.3, -0.25) is 0 Å². The summed E-state index contributed by atoms with van der Waals surface area (Å²) in [5, 5.41) is 13.9. The van der Waals surface area contributed by atoms with Gasteiger partial charge in [0.2, 0.25) is 0 Å². The lowest BCUT2D eigenvalue weighted by molar-refractivity contribution is -0.407. The molecule has 0 bridgehead atoms. The number of hydrogen-bond donors (Lipinski definition) is 0. The van der Waals surface area contributed by atoms with Gasteiger partial charge < -0.3 is 0 Å². The third kappa shape index (κ3) is 7.13. The summed E-state index contributed by atoms with van der Waals surface area (Å²) < 4.78 is 0. The van der Waals surface area contributed by atoms with E-state index in [1.807, 2.05) is 25.1 Å². The average molecular weight is 400 g/mol. The van der Waals surface area contributed by atoms with Crippen molar-refractivity contribution in [3.63, 3.8) is 0 Å². The first kappa shape index (κ1) is 23.4. The Kier molecular flexibility index (Phi) is 9.66. The predicted molar refractivity (Wildman–Crippen MR) is 104 cm³/mol. The lowest BCUT2D eigenvalue weighted by Gasteiger charge is -2.34. The molecule has 0 radical (unpaired) electrons. The summed E-state index contributed by atoms with van der Waals surface area (Å²) in [6, 6.07) is 7.43. The summed E-state index contributed by atoms with van der Waals surface area (Å²) in [4.78, 5) is 22.0. The van der Waals surface area contributed by atoms with Crippen molar-refractivity contribution < 1.29 is 9.78 Å². The molecule has 0 aliphatic carbocycles. The highest BCUT2D eigenvalue weighted by molar-refractivity contribution is 5.28. The maximum absolute atomic E-state index is 8.75. The molecule has 0 fully saturated rings. The molecule has 14 nitrogen and oxygen atoms in total. The molecule has 14 heteroatoms. The zero-order chi connectivity index (χ0) is 21.6. The minimum Gasteiger partial charge on any atom is -0.229 e. The van der Waals surface area contributed by atoms with Crippen LogP contribution in [0.1, 0.15) is 25.0 Å². The lowest BCUT2D eigenvalue weighted by atomic mass is 9.94. The SMILES string of the molecule is CCc1cccc(C(C)(CN=[N+]=[N-])OOC(CN=[N+]=[N-])(CN=[N+]=[N-])CN=[N+]=[N-])c1. The monoisotopic (exact) mass is 400 g/mol. The van der Waals surface area contributed by atoms with Crippen molar-refractivity contribution in [3.05, 3.63) is 77.2 Å². The predicted octanol–water partition coefficient (Wildman–Crippen LogP) is 5.39. The molecule has 0 amide bonds. The molecule has 0 aromatic heterocycles. The molecule has 1 aromatic rings. The van der Waals surface area contributed by atoms with Crippen LogP contribution in [0, 0.1) is 0 Å². The molecule has 1 unspecified atom stereocenters. The zero-order valence-electron chi connectivity index (χ0n) is 16.0. The van der Waals surface area contributed by atoms with E-state index >= 15 is 0 Å². The fourth-order valence-electron chi connectivity index (χ4n) is 2.34. The molecule has 1 atom stereocenters. The van der Waals surface area contributed by atoms with Gasteiger partial charge in [0.25, 0.3) is 0 Å². The average Bonchev–Trinajstić information content (AvgIpc) is 2.76. The Bertz CT molecular complexity index is 829. The van der Waals surface area contributed by atoms with Crippen molar-refractivity contribution in [2.24, 2.45) is 20.5 Å². The summed E-state index contributed by atoms with van der Waals surface area (Å²) >= 11 is 0. The van der Waals surface area contributed by atoms with Crippen molar-refractivity contribution in [2.45, 2.75) is 31.5 Å². The van der Waals surface area contributed by atoms with Crippen molar-refractivity contribution in [2.75, 3.05) is 26.2 Å². The standard InChI is InChI=1S/C15H20N12O2/c1-3-12-5-4-6-13(7-12)14(2,8-20-24-16)28-29-15(9-21-25-17,10-22-26-18)11-23-27-19/h4-7H,3,8-11H2,1-2H3. The summed E-state index contributed by atoms with van der Waals surface area (Å²) in [5.41, 5.74) is 33.7. The highest BCUT2D eigenvalue weighted by Crippen LogP contribution is 2.30. The van der Waals surface area contributed by atoms with Crippen LogP contribution in [0.4, 0.5) is 0 Å².